The number of hydrogen-bond donors (Lipinski definition) is 2. The van der Waals surface area contributed by atoms with Crippen molar-refractivity contribution in [3.05, 3.63) is 70.1 Å². The maximum atomic E-state index is 13.5. The van der Waals surface area contributed by atoms with Crippen LogP contribution in [0.5, 0.6) is 5.75 Å². The predicted octanol–water partition coefficient (Wildman–Crippen LogP) is 7.35. The first kappa shape index (κ1) is 29.7. The molecule has 9 heteroatoms. The molecule has 0 bridgehead atoms. The van der Waals surface area contributed by atoms with Gasteiger partial charge in [0.2, 0.25) is 5.91 Å². The fraction of sp³-hybridized carbons (Fsp3) is 0.387. The number of anilines is 2. The number of benzene rings is 2. The summed E-state index contributed by atoms with van der Waals surface area (Å²) in [6.07, 6.45) is 6.78. The zero-order valence-corrected chi connectivity index (χ0v) is 24.8. The first-order valence-corrected chi connectivity index (χ1v) is 15.5. The summed E-state index contributed by atoms with van der Waals surface area (Å²) in [5, 5.41) is 6.20. The maximum absolute atomic E-state index is 13.5. The summed E-state index contributed by atoms with van der Waals surface area (Å²) < 4.78 is 10.6. The van der Waals surface area contributed by atoms with E-state index in [0.717, 1.165) is 42.6 Å². The Morgan fingerprint density at radius 3 is 2.50 bits per heavy atom. The Labute approximate surface area is 244 Å². The average Bonchev–Trinajstić information content (AvgIpc) is 3.27. The fourth-order valence-electron chi connectivity index (χ4n) is 4.72. The number of methoxy groups -OCH3 is 1. The predicted molar refractivity (Wildman–Crippen MR) is 162 cm³/mol. The largest absolute Gasteiger partial charge is 0.497 e. The van der Waals surface area contributed by atoms with Crippen molar-refractivity contribution in [2.24, 2.45) is 0 Å². The second-order valence-corrected chi connectivity index (χ2v) is 11.9. The summed E-state index contributed by atoms with van der Waals surface area (Å²) in [6, 6.07) is 14.4. The van der Waals surface area contributed by atoms with E-state index in [1.165, 1.54) is 34.4 Å². The quantitative estimate of drug-likeness (QED) is 0.192. The molecule has 7 nitrogen and oxygen atoms in total. The van der Waals surface area contributed by atoms with Crippen molar-refractivity contribution in [2.75, 3.05) is 24.4 Å². The molecule has 40 heavy (non-hydrogen) atoms. The van der Waals surface area contributed by atoms with Crippen molar-refractivity contribution in [3.63, 3.8) is 0 Å². The molecule has 0 saturated heterocycles. The van der Waals surface area contributed by atoms with E-state index in [1.807, 2.05) is 31.2 Å². The lowest BCUT2D eigenvalue weighted by Crippen LogP contribution is -2.25. The third-order valence-electron chi connectivity index (χ3n) is 6.75. The van der Waals surface area contributed by atoms with Crippen LogP contribution in [0, 0.1) is 0 Å². The lowest BCUT2D eigenvalue weighted by molar-refractivity contribution is -0.115. The van der Waals surface area contributed by atoms with E-state index in [1.54, 1.807) is 38.3 Å². The van der Waals surface area contributed by atoms with Gasteiger partial charge in [-0.15, -0.1) is 23.1 Å². The van der Waals surface area contributed by atoms with E-state index < -0.39 is 0 Å². The van der Waals surface area contributed by atoms with Crippen LogP contribution >= 0.6 is 23.1 Å². The average molecular weight is 581 g/mol. The molecule has 0 saturated carbocycles. The van der Waals surface area contributed by atoms with Gasteiger partial charge in [-0.2, -0.15) is 0 Å². The lowest BCUT2D eigenvalue weighted by Gasteiger charge is -2.16. The van der Waals surface area contributed by atoms with Gasteiger partial charge in [-0.3, -0.25) is 9.59 Å². The Morgan fingerprint density at radius 1 is 0.975 bits per heavy atom. The number of fused-ring (bicyclic) bond motifs is 1. The molecule has 1 atom stereocenters. The standard InChI is InChI=1S/C31H36N2O5S2/c1-4-25(39-23-15-11-13-21(19-23)32-28(34)20-12-10-14-22(18-20)37-3)29(35)33-30-27(31(36)38-5-2)24-16-8-6-7-9-17-26(24)40-30/h10-15,18-19,25H,4-9,16-17H2,1-3H3,(H,32,34)(H,33,35). The van der Waals surface area contributed by atoms with Crippen LogP contribution in [0.25, 0.3) is 0 Å². The van der Waals surface area contributed by atoms with E-state index in [2.05, 4.69) is 10.6 Å². The number of rotatable bonds is 10. The SMILES string of the molecule is CCOC(=O)c1c(NC(=O)C(CC)Sc2cccc(NC(=O)c3cccc(OC)c3)c2)sc2c1CCCCCC2. The van der Waals surface area contributed by atoms with Crippen LogP contribution in [0.1, 0.15) is 77.1 Å². The van der Waals surface area contributed by atoms with Crippen LogP contribution in [0.4, 0.5) is 10.7 Å². The Morgan fingerprint density at radius 2 is 1.75 bits per heavy atom. The van der Waals surface area contributed by atoms with Gasteiger partial charge in [0.25, 0.3) is 5.91 Å². The molecule has 1 aliphatic rings. The minimum absolute atomic E-state index is 0.155. The van der Waals surface area contributed by atoms with Gasteiger partial charge < -0.3 is 20.1 Å². The molecule has 1 heterocycles. The Balaban J connectivity index is 1.49. The number of carbonyl (C=O) groups is 3. The molecule has 0 spiro atoms. The summed E-state index contributed by atoms with van der Waals surface area (Å²) >= 11 is 2.94. The molecule has 4 rings (SSSR count). The van der Waals surface area contributed by atoms with E-state index in [9.17, 15) is 14.4 Å². The highest BCUT2D eigenvalue weighted by Crippen LogP contribution is 2.38. The third kappa shape index (κ3) is 7.46. The third-order valence-corrected chi connectivity index (χ3v) is 9.32. The molecular weight excluding hydrogens is 544 g/mol. The van der Waals surface area contributed by atoms with Crippen molar-refractivity contribution in [2.45, 2.75) is 68.9 Å². The topological polar surface area (TPSA) is 93.7 Å². The van der Waals surface area contributed by atoms with Gasteiger partial charge in [-0.05, 0) is 81.0 Å². The fourth-order valence-corrected chi connectivity index (χ4v) is 7.01. The van der Waals surface area contributed by atoms with Crippen LogP contribution in [-0.2, 0) is 22.4 Å². The number of thioether (sulfide) groups is 1. The number of hydrogen-bond acceptors (Lipinski definition) is 7. The van der Waals surface area contributed by atoms with Crippen molar-refractivity contribution < 1.29 is 23.9 Å². The summed E-state index contributed by atoms with van der Waals surface area (Å²) in [5.41, 5.74) is 2.69. The Bertz CT molecular complexity index is 1350. The normalized spacial score (nSPS) is 13.8. The van der Waals surface area contributed by atoms with Crippen LogP contribution in [-0.4, -0.2) is 36.8 Å². The van der Waals surface area contributed by atoms with Gasteiger partial charge in [0.15, 0.2) is 0 Å². The Kier molecular flexibility index (Phi) is 10.7. The van der Waals surface area contributed by atoms with Crippen LogP contribution in [0.2, 0.25) is 0 Å². The molecule has 3 aromatic rings. The number of nitrogens with one attached hydrogen (secondary N) is 2. The molecule has 0 fully saturated rings. The van der Waals surface area contributed by atoms with E-state index in [0.29, 0.717) is 34.0 Å². The molecular formula is C31H36N2O5S2. The molecule has 2 N–H and O–H groups in total. The van der Waals surface area contributed by atoms with Crippen molar-refractivity contribution in [1.82, 2.24) is 0 Å². The zero-order chi connectivity index (χ0) is 28.5. The van der Waals surface area contributed by atoms with Gasteiger partial charge in [0.05, 0.1) is 24.5 Å². The highest BCUT2D eigenvalue weighted by molar-refractivity contribution is 8.00. The minimum atomic E-state index is -0.385. The minimum Gasteiger partial charge on any atom is -0.497 e. The van der Waals surface area contributed by atoms with E-state index in [4.69, 9.17) is 9.47 Å². The van der Waals surface area contributed by atoms with Crippen molar-refractivity contribution >= 4 is 51.6 Å². The second-order valence-electron chi connectivity index (χ2n) is 9.56. The van der Waals surface area contributed by atoms with Gasteiger partial charge >= 0.3 is 5.97 Å². The first-order chi connectivity index (χ1) is 19.4. The number of aryl methyl sites for hydroxylation is 1. The van der Waals surface area contributed by atoms with Gasteiger partial charge in [0.1, 0.15) is 10.8 Å². The van der Waals surface area contributed by atoms with Gasteiger partial charge in [-0.1, -0.05) is 31.9 Å². The van der Waals surface area contributed by atoms with Gasteiger partial charge in [-0.25, -0.2) is 4.79 Å². The second kappa shape index (κ2) is 14.4. The number of carbonyl (C=O) groups excluding carboxylic acids is 3. The van der Waals surface area contributed by atoms with Crippen LogP contribution in [0.3, 0.4) is 0 Å². The number of thiophene rings is 1. The summed E-state index contributed by atoms with van der Waals surface area (Å²) in [4.78, 5) is 41.2. The highest BCUT2D eigenvalue weighted by Gasteiger charge is 2.28. The highest BCUT2D eigenvalue weighted by atomic mass is 32.2. The number of ether oxygens (including phenoxy) is 2. The van der Waals surface area contributed by atoms with Crippen molar-refractivity contribution in [1.29, 1.82) is 0 Å². The smallest absolute Gasteiger partial charge is 0.341 e. The maximum Gasteiger partial charge on any atom is 0.341 e. The first-order valence-electron chi connectivity index (χ1n) is 13.8. The molecule has 0 aliphatic heterocycles. The molecule has 1 aromatic heterocycles. The monoisotopic (exact) mass is 580 g/mol. The number of esters is 1. The van der Waals surface area contributed by atoms with Gasteiger partial charge in [0, 0.05) is 21.0 Å². The molecule has 2 amide bonds. The van der Waals surface area contributed by atoms with Crippen LogP contribution < -0.4 is 15.4 Å². The lowest BCUT2D eigenvalue weighted by atomic mass is 9.96. The van der Waals surface area contributed by atoms with Crippen molar-refractivity contribution in [3.8, 4) is 5.75 Å². The van der Waals surface area contributed by atoms with E-state index >= 15 is 0 Å². The summed E-state index contributed by atoms with van der Waals surface area (Å²) in [5.74, 6) is -0.155. The summed E-state index contributed by atoms with van der Waals surface area (Å²) in [6.45, 7) is 4.05. The summed E-state index contributed by atoms with van der Waals surface area (Å²) in [7, 11) is 1.56. The molecule has 0 radical (unpaired) electrons. The molecule has 212 valence electrons. The molecule has 1 aliphatic carbocycles. The number of amides is 2. The Hall–Kier alpha value is -3.30. The molecule has 1 unspecified atom stereocenters. The van der Waals surface area contributed by atoms with E-state index in [-0.39, 0.29) is 29.6 Å². The zero-order valence-electron chi connectivity index (χ0n) is 23.2. The van der Waals surface area contributed by atoms with Crippen LogP contribution in [0.15, 0.2) is 53.4 Å². The molecule has 2 aromatic carbocycles.